The predicted octanol–water partition coefficient (Wildman–Crippen LogP) is 2.71. The van der Waals surface area contributed by atoms with Gasteiger partial charge >= 0.3 is 0 Å². The van der Waals surface area contributed by atoms with Gasteiger partial charge in [0.15, 0.2) is 0 Å². The predicted molar refractivity (Wildman–Crippen MR) is 41.7 cm³/mol. The zero-order valence-electron chi connectivity index (χ0n) is 5.98. The molecule has 0 saturated carbocycles. The van der Waals surface area contributed by atoms with Gasteiger partial charge in [-0.1, -0.05) is 29.7 Å². The van der Waals surface area contributed by atoms with Crippen molar-refractivity contribution in [2.45, 2.75) is 29.7 Å². The third-order valence-electron chi connectivity index (χ3n) is 1.65. The first-order chi connectivity index (χ1) is 3.85. The van der Waals surface area contributed by atoms with Crippen molar-refractivity contribution >= 4 is 14.1 Å². The van der Waals surface area contributed by atoms with Gasteiger partial charge in [-0.3, -0.25) is 0 Å². The molecular weight excluding hydrogens is 111 g/mol. The summed E-state index contributed by atoms with van der Waals surface area (Å²) in [5.41, 5.74) is 0. The summed E-state index contributed by atoms with van der Waals surface area (Å²) in [6, 6.07) is 0. The van der Waals surface area contributed by atoms with E-state index in [0.29, 0.717) is 0 Å². The Hall–Kier alpha value is 0.272. The highest BCUT2D eigenvalue weighted by Gasteiger charge is 2.07. The minimum Gasteiger partial charge on any atom is -0.105 e. The van der Waals surface area contributed by atoms with Gasteiger partial charge in [0, 0.05) is 0 Å². The normalized spacial score (nSPS) is 8.75. The van der Waals surface area contributed by atoms with E-state index in [4.69, 9.17) is 0 Å². The van der Waals surface area contributed by atoms with Crippen LogP contribution < -0.4 is 0 Å². The molecule has 0 fully saturated rings. The van der Waals surface area contributed by atoms with Crippen LogP contribution in [0.3, 0.4) is 0 Å². The maximum absolute atomic E-state index is 3.73. The molecule has 0 bridgehead atoms. The Kier molecular flexibility index (Phi) is 5.59. The van der Waals surface area contributed by atoms with Gasteiger partial charge in [0.25, 0.3) is 14.1 Å². The first-order valence-electron chi connectivity index (χ1n) is 3.46. The van der Waals surface area contributed by atoms with Crippen molar-refractivity contribution < 1.29 is 0 Å². The van der Waals surface area contributed by atoms with E-state index < -0.39 is 0 Å². The summed E-state index contributed by atoms with van der Waals surface area (Å²) in [7, 11) is 0. The van der Waals surface area contributed by atoms with E-state index >= 15 is 0 Å². The van der Waals surface area contributed by atoms with Crippen LogP contribution in [-0.4, -0.2) is 14.1 Å². The van der Waals surface area contributed by atoms with E-state index in [0.717, 1.165) is 0 Å². The van der Waals surface area contributed by atoms with E-state index in [2.05, 4.69) is 26.5 Å². The molecular formula is C7H15Al. The summed E-state index contributed by atoms with van der Waals surface area (Å²) in [4.78, 5) is 0. The molecule has 0 aromatic rings. The van der Waals surface area contributed by atoms with Gasteiger partial charge in [-0.2, -0.15) is 0 Å². The first-order valence-corrected chi connectivity index (χ1v) is 5.90. The minimum absolute atomic E-state index is 0.310. The summed E-state index contributed by atoms with van der Waals surface area (Å²) >= 11 is -0.310. The number of rotatable bonds is 4. The van der Waals surface area contributed by atoms with Gasteiger partial charge < -0.3 is 0 Å². The molecule has 0 unspecified atom stereocenters. The highest BCUT2D eigenvalue weighted by atomic mass is 27.2. The Morgan fingerprint density at radius 2 is 1.88 bits per heavy atom. The van der Waals surface area contributed by atoms with Crippen LogP contribution in [0.1, 0.15) is 13.8 Å². The lowest BCUT2D eigenvalue weighted by atomic mass is 10.8. The highest BCUT2D eigenvalue weighted by Crippen LogP contribution is 2.03. The second kappa shape index (κ2) is 5.41. The van der Waals surface area contributed by atoms with Crippen molar-refractivity contribution in [1.29, 1.82) is 0 Å². The summed E-state index contributed by atoms with van der Waals surface area (Å²) in [5, 5.41) is 4.19. The maximum atomic E-state index is 3.73. The maximum Gasteiger partial charge on any atom is 0.265 e. The Morgan fingerprint density at radius 1 is 1.38 bits per heavy atom. The molecule has 0 aliphatic rings. The Balaban J connectivity index is 3.20. The van der Waals surface area contributed by atoms with Crippen molar-refractivity contribution in [3.8, 4) is 0 Å². The lowest BCUT2D eigenvalue weighted by Crippen LogP contribution is -2.05. The molecule has 0 aliphatic carbocycles. The molecule has 0 amide bonds. The van der Waals surface area contributed by atoms with E-state index in [1.165, 1.54) is 15.8 Å². The molecule has 0 atom stereocenters. The summed E-state index contributed by atoms with van der Waals surface area (Å²) in [5.74, 6) is 0. The lowest BCUT2D eigenvalue weighted by Gasteiger charge is -1.98. The van der Waals surface area contributed by atoms with Crippen LogP contribution in [0.25, 0.3) is 0 Å². The zero-order valence-corrected chi connectivity index (χ0v) is 7.14. The summed E-state index contributed by atoms with van der Waals surface area (Å²) in [6.07, 6.45) is 2.07. The smallest absolute Gasteiger partial charge is 0.105 e. The van der Waals surface area contributed by atoms with Crippen LogP contribution in [0.15, 0.2) is 12.7 Å². The third-order valence-corrected chi connectivity index (χ3v) is 4.96. The number of hydrogen-bond donors (Lipinski definition) is 0. The van der Waals surface area contributed by atoms with E-state index in [1.807, 2.05) is 0 Å². The molecule has 8 heavy (non-hydrogen) atoms. The number of allylic oxidation sites excluding steroid dienone is 1. The first kappa shape index (κ1) is 8.27. The Morgan fingerprint density at radius 3 is 2.00 bits per heavy atom. The van der Waals surface area contributed by atoms with Crippen LogP contribution in [0.2, 0.25) is 15.8 Å². The van der Waals surface area contributed by atoms with Gasteiger partial charge in [-0.25, -0.2) is 0 Å². The standard InChI is InChI=1S/C3H5.2C2H5.Al/c1-3-2;2*1-2;/h3H,1-2H2;2*1H2,2H3;. The largest absolute Gasteiger partial charge is 0.265 e. The van der Waals surface area contributed by atoms with Crippen molar-refractivity contribution in [2.24, 2.45) is 0 Å². The van der Waals surface area contributed by atoms with Crippen LogP contribution in [0, 0.1) is 0 Å². The van der Waals surface area contributed by atoms with Crippen molar-refractivity contribution in [2.75, 3.05) is 0 Å². The monoisotopic (exact) mass is 126 g/mol. The SMILES string of the molecule is C=C[CH2][Al]([CH2]C)[CH2]C. The molecule has 1 heteroatoms. The van der Waals surface area contributed by atoms with E-state index in [9.17, 15) is 0 Å². The molecule has 0 saturated heterocycles. The van der Waals surface area contributed by atoms with E-state index in [-0.39, 0.29) is 14.1 Å². The second-order valence-corrected chi connectivity index (χ2v) is 6.04. The molecule has 0 aromatic heterocycles. The molecule has 0 aromatic carbocycles. The fraction of sp³-hybridized carbons (Fsp3) is 0.714. The van der Waals surface area contributed by atoms with Gasteiger partial charge in [0.05, 0.1) is 0 Å². The minimum atomic E-state index is -0.310. The van der Waals surface area contributed by atoms with Crippen molar-refractivity contribution in [3.05, 3.63) is 12.7 Å². The van der Waals surface area contributed by atoms with Gasteiger partial charge in [0.1, 0.15) is 0 Å². The molecule has 0 nitrogen and oxygen atoms in total. The molecule has 46 valence electrons. The molecule has 0 aliphatic heterocycles. The Bertz CT molecular complexity index is 55.4. The fourth-order valence-corrected chi connectivity index (χ4v) is 2.57. The molecule has 0 heterocycles. The second-order valence-electron chi connectivity index (χ2n) is 2.21. The quantitative estimate of drug-likeness (QED) is 0.401. The van der Waals surface area contributed by atoms with Crippen molar-refractivity contribution in [3.63, 3.8) is 0 Å². The third kappa shape index (κ3) is 3.30. The topological polar surface area (TPSA) is 0 Å². The summed E-state index contributed by atoms with van der Waals surface area (Å²) in [6.45, 7) is 8.32. The molecule has 0 N–H and O–H groups in total. The molecule has 0 radical (unpaired) electrons. The van der Waals surface area contributed by atoms with Gasteiger partial charge in [-0.15, -0.1) is 12.7 Å². The average molecular weight is 126 g/mol. The number of hydrogen-bond acceptors (Lipinski definition) is 0. The van der Waals surface area contributed by atoms with Crippen LogP contribution >= 0.6 is 0 Å². The van der Waals surface area contributed by atoms with Crippen LogP contribution in [-0.2, 0) is 0 Å². The van der Waals surface area contributed by atoms with Crippen LogP contribution in [0.5, 0.6) is 0 Å². The average Bonchev–Trinajstić information content (AvgIpc) is 1.83. The van der Waals surface area contributed by atoms with Crippen molar-refractivity contribution in [1.82, 2.24) is 0 Å². The summed E-state index contributed by atoms with van der Waals surface area (Å²) < 4.78 is 0. The Labute approximate surface area is 57.0 Å². The zero-order chi connectivity index (χ0) is 6.41. The molecule has 0 rings (SSSR count). The molecule has 0 spiro atoms. The van der Waals surface area contributed by atoms with E-state index in [1.54, 1.807) is 0 Å². The van der Waals surface area contributed by atoms with Gasteiger partial charge in [-0.05, 0) is 0 Å². The van der Waals surface area contributed by atoms with Crippen LogP contribution in [0.4, 0.5) is 0 Å². The lowest BCUT2D eigenvalue weighted by molar-refractivity contribution is 1.28. The fourth-order valence-electron chi connectivity index (χ4n) is 0.858. The highest BCUT2D eigenvalue weighted by molar-refractivity contribution is 6.59. The van der Waals surface area contributed by atoms with Gasteiger partial charge in [0.2, 0.25) is 0 Å².